The Bertz CT molecular complexity index is 871. The van der Waals surface area contributed by atoms with Crippen LogP contribution in [0.3, 0.4) is 0 Å². The Morgan fingerprint density at radius 3 is 2.44 bits per heavy atom. The molecule has 3 fully saturated rings. The number of carbonyl (C=O) groups is 2. The molecular weight excluding hydrogens is 449 g/mol. The van der Waals surface area contributed by atoms with Crippen LogP contribution in [0.25, 0.3) is 0 Å². The number of aliphatic hydroxyl groups is 1. The van der Waals surface area contributed by atoms with Crippen molar-refractivity contribution in [1.82, 2.24) is 20.0 Å². The van der Waals surface area contributed by atoms with Gasteiger partial charge >= 0.3 is 6.18 Å². The van der Waals surface area contributed by atoms with E-state index in [0.29, 0.717) is 58.4 Å². The van der Waals surface area contributed by atoms with Gasteiger partial charge in [-0.15, -0.1) is 0 Å². The molecule has 1 aromatic carbocycles. The first-order valence-corrected chi connectivity index (χ1v) is 12.0. The van der Waals surface area contributed by atoms with Gasteiger partial charge in [0.1, 0.15) is 6.04 Å². The summed E-state index contributed by atoms with van der Waals surface area (Å²) >= 11 is 0. The monoisotopic (exact) mass is 482 g/mol. The van der Waals surface area contributed by atoms with E-state index < -0.39 is 11.7 Å². The number of nitrogens with zero attached hydrogens (tertiary/aromatic N) is 3. The molecule has 2 N–H and O–H groups in total. The third kappa shape index (κ3) is 5.55. The van der Waals surface area contributed by atoms with Crippen molar-refractivity contribution in [2.45, 2.75) is 69.1 Å². The number of benzene rings is 1. The Balaban J connectivity index is 1.36. The first-order chi connectivity index (χ1) is 16.1. The summed E-state index contributed by atoms with van der Waals surface area (Å²) in [4.78, 5) is 31.6. The number of hydrogen-bond acceptors (Lipinski definition) is 5. The quantitative estimate of drug-likeness (QED) is 0.670. The van der Waals surface area contributed by atoms with Crippen molar-refractivity contribution in [3.63, 3.8) is 0 Å². The van der Waals surface area contributed by atoms with E-state index in [0.717, 1.165) is 24.1 Å². The van der Waals surface area contributed by atoms with Crippen LogP contribution in [0.4, 0.5) is 13.2 Å². The van der Waals surface area contributed by atoms with Crippen molar-refractivity contribution in [2.75, 3.05) is 33.2 Å². The van der Waals surface area contributed by atoms with E-state index in [2.05, 4.69) is 10.2 Å². The molecule has 4 rings (SSSR count). The van der Waals surface area contributed by atoms with Crippen molar-refractivity contribution >= 4 is 11.8 Å². The molecule has 0 bridgehead atoms. The van der Waals surface area contributed by atoms with Gasteiger partial charge in [-0.25, -0.2) is 0 Å². The normalized spacial score (nSPS) is 27.4. The molecule has 34 heavy (non-hydrogen) atoms. The van der Waals surface area contributed by atoms with Crippen LogP contribution in [0.5, 0.6) is 0 Å². The Hall–Kier alpha value is -2.17. The predicted octanol–water partition coefficient (Wildman–Crippen LogP) is 1.84. The number of alkyl halides is 3. The smallest absolute Gasteiger partial charge is 0.393 e. The molecule has 0 unspecified atom stereocenters. The lowest BCUT2D eigenvalue weighted by atomic mass is 10.0. The lowest BCUT2D eigenvalue weighted by Gasteiger charge is -2.34. The SMILES string of the molecule is CN1[C@@H](CCC(=O)N2CCC(O)CC2)CNC(=O)[C@@H]2[C@H]1CCN2Cc1ccc(C(F)(F)F)cc1. The van der Waals surface area contributed by atoms with Crippen LogP contribution >= 0.6 is 0 Å². The molecule has 3 saturated heterocycles. The highest BCUT2D eigenvalue weighted by molar-refractivity contribution is 5.83. The number of likely N-dealkylation sites (N-methyl/N-ethyl adjacent to an activating group) is 1. The number of piperidine rings is 1. The number of carbonyl (C=O) groups excluding carboxylic acids is 2. The topological polar surface area (TPSA) is 76.1 Å². The molecule has 0 spiro atoms. The Kier molecular flexibility index (Phi) is 7.49. The van der Waals surface area contributed by atoms with Crippen molar-refractivity contribution in [2.24, 2.45) is 0 Å². The molecule has 0 aromatic heterocycles. The average molecular weight is 483 g/mol. The van der Waals surface area contributed by atoms with E-state index in [4.69, 9.17) is 0 Å². The molecular formula is C24H33F3N4O3. The fourth-order valence-corrected chi connectivity index (χ4v) is 5.42. The minimum Gasteiger partial charge on any atom is -0.393 e. The van der Waals surface area contributed by atoms with E-state index >= 15 is 0 Å². The summed E-state index contributed by atoms with van der Waals surface area (Å²) in [6, 6.07) is 4.75. The highest BCUT2D eigenvalue weighted by atomic mass is 19.4. The first kappa shape index (κ1) is 24.9. The number of amides is 2. The molecule has 3 aliphatic heterocycles. The van der Waals surface area contributed by atoms with Crippen molar-refractivity contribution in [3.05, 3.63) is 35.4 Å². The maximum Gasteiger partial charge on any atom is 0.416 e. The lowest BCUT2D eigenvalue weighted by Crippen LogP contribution is -2.49. The zero-order valence-corrected chi connectivity index (χ0v) is 19.4. The van der Waals surface area contributed by atoms with E-state index in [1.807, 2.05) is 16.8 Å². The minimum atomic E-state index is -4.37. The Morgan fingerprint density at radius 2 is 1.79 bits per heavy atom. The van der Waals surface area contributed by atoms with E-state index in [-0.39, 0.29) is 36.0 Å². The van der Waals surface area contributed by atoms with E-state index in [9.17, 15) is 27.9 Å². The van der Waals surface area contributed by atoms with Crippen LogP contribution in [0.1, 0.15) is 43.2 Å². The lowest BCUT2D eigenvalue weighted by molar-refractivity contribution is -0.137. The molecule has 3 aliphatic rings. The Morgan fingerprint density at radius 1 is 1.12 bits per heavy atom. The summed E-state index contributed by atoms with van der Waals surface area (Å²) in [6.07, 6.45) is -1.65. The summed E-state index contributed by atoms with van der Waals surface area (Å²) in [5.41, 5.74) is 0.0581. The molecule has 188 valence electrons. The summed E-state index contributed by atoms with van der Waals surface area (Å²) in [7, 11) is 1.99. The van der Waals surface area contributed by atoms with Gasteiger partial charge in [-0.3, -0.25) is 19.4 Å². The summed E-state index contributed by atoms with van der Waals surface area (Å²) in [5.74, 6) is 0.0166. The minimum absolute atomic E-state index is 0.0119. The van der Waals surface area contributed by atoms with Gasteiger partial charge < -0.3 is 15.3 Å². The molecule has 0 saturated carbocycles. The average Bonchev–Trinajstić information content (AvgIpc) is 3.17. The third-order valence-electron chi connectivity index (χ3n) is 7.53. The highest BCUT2D eigenvalue weighted by Crippen LogP contribution is 2.31. The van der Waals surface area contributed by atoms with Crippen LogP contribution in [0, 0.1) is 0 Å². The largest absolute Gasteiger partial charge is 0.416 e. The van der Waals surface area contributed by atoms with E-state index in [1.54, 1.807) is 0 Å². The van der Waals surface area contributed by atoms with Gasteiger partial charge in [0.05, 0.1) is 11.7 Å². The maximum atomic E-state index is 13.0. The van der Waals surface area contributed by atoms with Gasteiger partial charge in [-0.2, -0.15) is 13.2 Å². The molecule has 10 heteroatoms. The molecule has 3 heterocycles. The molecule has 3 atom stereocenters. The predicted molar refractivity (Wildman–Crippen MR) is 120 cm³/mol. The second-order valence-electron chi connectivity index (χ2n) is 9.68. The fourth-order valence-electron chi connectivity index (χ4n) is 5.42. The van der Waals surface area contributed by atoms with Gasteiger partial charge in [-0.1, -0.05) is 12.1 Å². The van der Waals surface area contributed by atoms with Crippen molar-refractivity contribution in [1.29, 1.82) is 0 Å². The maximum absolute atomic E-state index is 13.0. The molecule has 0 radical (unpaired) electrons. The standard InChI is InChI=1S/C24H33F3N4O3/c1-29-18(6-7-21(33)30-11-8-19(32)9-12-30)14-28-23(34)22-20(29)10-13-31(22)15-16-2-4-17(5-3-16)24(25,26)27/h2-5,18-20,22,32H,6-15H2,1H3,(H,28,34)/t18-,20+,22-/m0/s1. The van der Waals surface area contributed by atoms with Gasteiger partial charge in [0.25, 0.3) is 0 Å². The number of likely N-dealkylation sites (tertiary alicyclic amines) is 2. The van der Waals surface area contributed by atoms with Crippen LogP contribution in [-0.2, 0) is 22.3 Å². The Labute approximate surface area is 197 Å². The molecule has 7 nitrogen and oxygen atoms in total. The highest BCUT2D eigenvalue weighted by Gasteiger charge is 2.45. The summed E-state index contributed by atoms with van der Waals surface area (Å²) in [6.45, 7) is 2.71. The molecule has 1 aromatic rings. The van der Waals surface area contributed by atoms with Crippen LogP contribution in [-0.4, -0.2) is 89.1 Å². The second kappa shape index (κ2) is 10.2. The zero-order valence-electron chi connectivity index (χ0n) is 19.4. The number of nitrogens with one attached hydrogen (secondary N) is 1. The number of rotatable bonds is 5. The van der Waals surface area contributed by atoms with Gasteiger partial charge in [0, 0.05) is 51.2 Å². The number of fused-ring (bicyclic) bond motifs is 1. The van der Waals surface area contributed by atoms with Gasteiger partial charge in [-0.05, 0) is 50.4 Å². The summed E-state index contributed by atoms with van der Waals surface area (Å²) in [5, 5.41) is 12.7. The number of halogens is 3. The summed E-state index contributed by atoms with van der Waals surface area (Å²) < 4.78 is 38.6. The van der Waals surface area contributed by atoms with Crippen LogP contribution in [0.2, 0.25) is 0 Å². The second-order valence-corrected chi connectivity index (χ2v) is 9.68. The van der Waals surface area contributed by atoms with Crippen molar-refractivity contribution in [3.8, 4) is 0 Å². The van der Waals surface area contributed by atoms with Gasteiger partial charge in [0.2, 0.25) is 11.8 Å². The van der Waals surface area contributed by atoms with Gasteiger partial charge in [0.15, 0.2) is 0 Å². The number of hydrogen-bond donors (Lipinski definition) is 2. The molecule has 0 aliphatic carbocycles. The third-order valence-corrected chi connectivity index (χ3v) is 7.53. The fraction of sp³-hybridized carbons (Fsp3) is 0.667. The van der Waals surface area contributed by atoms with Crippen molar-refractivity contribution < 1.29 is 27.9 Å². The van der Waals surface area contributed by atoms with Crippen LogP contribution in [0.15, 0.2) is 24.3 Å². The first-order valence-electron chi connectivity index (χ1n) is 12.0. The zero-order chi connectivity index (χ0) is 24.5. The number of aliphatic hydroxyl groups excluding tert-OH is 1. The van der Waals surface area contributed by atoms with Crippen LogP contribution < -0.4 is 5.32 Å². The molecule has 2 amide bonds. The van der Waals surface area contributed by atoms with E-state index in [1.165, 1.54) is 12.1 Å².